The molecule has 0 bridgehead atoms. The number of hydrogen-bond donors (Lipinski definition) is 2. The number of nitrogens with one attached hydrogen (secondary N) is 1. The normalized spacial score (nSPS) is 20.7. The summed E-state index contributed by atoms with van der Waals surface area (Å²) < 4.78 is 0. The summed E-state index contributed by atoms with van der Waals surface area (Å²) in [5.41, 5.74) is 1.35. The Morgan fingerprint density at radius 3 is 2.56 bits per heavy atom. The lowest BCUT2D eigenvalue weighted by molar-refractivity contribution is -0.136. The molecule has 100 valence electrons. The van der Waals surface area contributed by atoms with Crippen molar-refractivity contribution >= 4 is 22.4 Å². The molecule has 2 rings (SSSR count). The minimum absolute atomic E-state index is 0.00139. The molecule has 2 N–H and O–H groups in total. The number of carboxylic acid groups (broad SMARTS) is 1. The first kappa shape index (κ1) is 13.3. The summed E-state index contributed by atoms with van der Waals surface area (Å²) in [5, 5.41) is 14.6. The molecule has 1 aliphatic carbocycles. The number of aliphatic carboxylic acids is 1. The van der Waals surface area contributed by atoms with Crippen LogP contribution in [0.1, 0.15) is 33.4 Å². The van der Waals surface area contributed by atoms with Crippen LogP contribution in [0.5, 0.6) is 0 Å². The van der Waals surface area contributed by atoms with Crippen molar-refractivity contribution in [1.82, 2.24) is 4.98 Å². The number of nitrogens with zero attached hydrogens (tertiary/aromatic N) is 1. The van der Waals surface area contributed by atoms with E-state index < -0.39 is 5.97 Å². The molecular weight excluding hydrogens is 248 g/mol. The summed E-state index contributed by atoms with van der Waals surface area (Å²) in [6.07, 6.45) is -0.00139. The average molecular weight is 268 g/mol. The Kier molecular flexibility index (Phi) is 3.13. The first-order chi connectivity index (χ1) is 8.25. The third-order valence-electron chi connectivity index (χ3n) is 4.66. The number of thiazole rings is 1. The van der Waals surface area contributed by atoms with Crippen molar-refractivity contribution in [3.05, 3.63) is 11.1 Å². The largest absolute Gasteiger partial charge is 0.481 e. The number of hydrogen-bond acceptors (Lipinski definition) is 4. The van der Waals surface area contributed by atoms with Gasteiger partial charge in [-0.05, 0) is 16.7 Å². The van der Waals surface area contributed by atoms with Gasteiger partial charge in [0.15, 0.2) is 5.13 Å². The zero-order valence-electron chi connectivity index (χ0n) is 11.3. The number of rotatable bonds is 5. The molecule has 0 aromatic carbocycles. The van der Waals surface area contributed by atoms with E-state index >= 15 is 0 Å². The number of aromatic nitrogens is 1. The van der Waals surface area contributed by atoms with Crippen LogP contribution in [-0.2, 0) is 11.2 Å². The zero-order valence-corrected chi connectivity index (χ0v) is 12.1. The van der Waals surface area contributed by atoms with Crippen molar-refractivity contribution < 1.29 is 9.90 Å². The predicted octanol–water partition coefficient (Wildman–Crippen LogP) is 2.86. The molecule has 0 atom stereocenters. The van der Waals surface area contributed by atoms with Crippen LogP contribution < -0.4 is 5.32 Å². The highest BCUT2D eigenvalue weighted by Gasteiger charge is 2.64. The smallest absolute Gasteiger partial charge is 0.309 e. The standard InChI is InChI=1S/C13H20N2O2S/c1-12(2)9(13(12,3)4)6-14-11-15-8(7-18-11)5-10(16)17/h7,9H,5-6H2,1-4H3,(H,14,15)(H,16,17). The van der Waals surface area contributed by atoms with Gasteiger partial charge >= 0.3 is 5.97 Å². The first-order valence-corrected chi connectivity index (χ1v) is 7.03. The van der Waals surface area contributed by atoms with E-state index in [1.165, 1.54) is 11.3 Å². The van der Waals surface area contributed by atoms with Gasteiger partial charge in [-0.2, -0.15) is 0 Å². The van der Waals surface area contributed by atoms with Gasteiger partial charge in [0.05, 0.1) is 12.1 Å². The van der Waals surface area contributed by atoms with Gasteiger partial charge < -0.3 is 10.4 Å². The fraction of sp³-hybridized carbons (Fsp3) is 0.692. The molecule has 1 heterocycles. The van der Waals surface area contributed by atoms with E-state index in [2.05, 4.69) is 38.0 Å². The van der Waals surface area contributed by atoms with Gasteiger partial charge in [0.25, 0.3) is 0 Å². The topological polar surface area (TPSA) is 62.2 Å². The van der Waals surface area contributed by atoms with Gasteiger partial charge in [0.1, 0.15) is 0 Å². The van der Waals surface area contributed by atoms with Crippen molar-refractivity contribution in [1.29, 1.82) is 0 Å². The summed E-state index contributed by atoms with van der Waals surface area (Å²) in [6.45, 7) is 10.1. The summed E-state index contributed by atoms with van der Waals surface area (Å²) in [5.74, 6) is -0.201. The van der Waals surface area contributed by atoms with Crippen molar-refractivity contribution in [2.24, 2.45) is 16.7 Å². The number of anilines is 1. The van der Waals surface area contributed by atoms with Crippen LogP contribution in [0.4, 0.5) is 5.13 Å². The highest BCUT2D eigenvalue weighted by atomic mass is 32.1. The SMILES string of the molecule is CC1(C)C(CNc2nc(CC(=O)O)cs2)C1(C)C. The van der Waals surface area contributed by atoms with E-state index in [1.54, 1.807) is 5.38 Å². The Labute approximate surface area is 111 Å². The highest BCUT2D eigenvalue weighted by molar-refractivity contribution is 7.13. The number of carbonyl (C=O) groups is 1. The molecule has 1 aromatic heterocycles. The van der Waals surface area contributed by atoms with E-state index in [0.717, 1.165) is 11.7 Å². The van der Waals surface area contributed by atoms with Crippen LogP contribution in [-0.4, -0.2) is 22.6 Å². The Hall–Kier alpha value is -1.10. The van der Waals surface area contributed by atoms with Crippen molar-refractivity contribution in [2.45, 2.75) is 34.1 Å². The van der Waals surface area contributed by atoms with Crippen LogP contribution in [0.25, 0.3) is 0 Å². The molecule has 1 aliphatic rings. The zero-order chi connectivity index (χ0) is 13.6. The second-order valence-corrected chi connectivity index (χ2v) is 6.95. The molecule has 1 fully saturated rings. The summed E-state index contributed by atoms with van der Waals surface area (Å²) >= 11 is 1.48. The van der Waals surface area contributed by atoms with E-state index in [0.29, 0.717) is 22.4 Å². The summed E-state index contributed by atoms with van der Waals surface area (Å²) in [6, 6.07) is 0. The van der Waals surface area contributed by atoms with Gasteiger partial charge in [0.2, 0.25) is 0 Å². The second-order valence-electron chi connectivity index (χ2n) is 6.09. The molecule has 0 spiro atoms. The van der Waals surface area contributed by atoms with Gasteiger partial charge in [-0.3, -0.25) is 4.79 Å². The van der Waals surface area contributed by atoms with Crippen molar-refractivity contribution in [3.8, 4) is 0 Å². The van der Waals surface area contributed by atoms with E-state index in [4.69, 9.17) is 5.11 Å². The molecule has 0 unspecified atom stereocenters. The molecule has 18 heavy (non-hydrogen) atoms. The monoisotopic (exact) mass is 268 g/mol. The lowest BCUT2D eigenvalue weighted by Crippen LogP contribution is -2.08. The molecule has 0 saturated heterocycles. The van der Waals surface area contributed by atoms with Crippen LogP contribution in [0.2, 0.25) is 0 Å². The minimum Gasteiger partial charge on any atom is -0.481 e. The third-order valence-corrected chi connectivity index (χ3v) is 5.51. The Bertz CT molecular complexity index is 451. The first-order valence-electron chi connectivity index (χ1n) is 6.15. The fourth-order valence-electron chi connectivity index (χ4n) is 2.66. The molecular formula is C13H20N2O2S. The van der Waals surface area contributed by atoms with Crippen molar-refractivity contribution in [2.75, 3.05) is 11.9 Å². The van der Waals surface area contributed by atoms with E-state index in [-0.39, 0.29) is 6.42 Å². The van der Waals surface area contributed by atoms with Crippen LogP contribution >= 0.6 is 11.3 Å². The molecule has 0 aliphatic heterocycles. The van der Waals surface area contributed by atoms with E-state index in [1.807, 2.05) is 0 Å². The van der Waals surface area contributed by atoms with Crippen LogP contribution in [0.15, 0.2) is 5.38 Å². The average Bonchev–Trinajstić information content (AvgIpc) is 2.59. The molecule has 0 radical (unpaired) electrons. The van der Waals surface area contributed by atoms with Crippen LogP contribution in [0, 0.1) is 16.7 Å². The van der Waals surface area contributed by atoms with Gasteiger partial charge in [-0.15, -0.1) is 11.3 Å². The Morgan fingerprint density at radius 2 is 2.06 bits per heavy atom. The Balaban J connectivity index is 1.88. The maximum absolute atomic E-state index is 10.6. The molecule has 4 nitrogen and oxygen atoms in total. The molecule has 1 aromatic rings. The predicted molar refractivity (Wildman–Crippen MR) is 73.0 cm³/mol. The molecule has 0 amide bonds. The molecule has 1 saturated carbocycles. The Morgan fingerprint density at radius 1 is 1.44 bits per heavy atom. The van der Waals surface area contributed by atoms with Crippen LogP contribution in [0.3, 0.4) is 0 Å². The quantitative estimate of drug-likeness (QED) is 0.862. The van der Waals surface area contributed by atoms with Gasteiger partial charge in [0, 0.05) is 11.9 Å². The maximum Gasteiger partial charge on any atom is 0.309 e. The fourth-order valence-corrected chi connectivity index (χ4v) is 3.38. The van der Waals surface area contributed by atoms with E-state index in [9.17, 15) is 4.79 Å². The molecule has 5 heteroatoms. The maximum atomic E-state index is 10.6. The lowest BCUT2D eigenvalue weighted by atomic mass is 10.0. The summed E-state index contributed by atoms with van der Waals surface area (Å²) in [4.78, 5) is 14.8. The summed E-state index contributed by atoms with van der Waals surface area (Å²) in [7, 11) is 0. The second kappa shape index (κ2) is 4.23. The minimum atomic E-state index is -0.837. The van der Waals surface area contributed by atoms with Gasteiger partial charge in [-0.25, -0.2) is 4.98 Å². The highest BCUT2D eigenvalue weighted by Crippen LogP contribution is 2.68. The number of carboxylic acids is 1. The van der Waals surface area contributed by atoms with Gasteiger partial charge in [-0.1, -0.05) is 27.7 Å². The third kappa shape index (κ3) is 2.23. The lowest BCUT2D eigenvalue weighted by Gasteiger charge is -2.04. The van der Waals surface area contributed by atoms with Crippen molar-refractivity contribution in [3.63, 3.8) is 0 Å².